The van der Waals surface area contributed by atoms with E-state index < -0.39 is 42.0 Å². The molecule has 1 rings (SSSR count). The summed E-state index contributed by atoms with van der Waals surface area (Å²) < 4.78 is 16.7. The second kappa shape index (κ2) is 12.2. The Morgan fingerprint density at radius 3 is 2.33 bits per heavy atom. The number of unbranched alkanes of at least 4 members (excludes halogenated alkanes) is 1. The van der Waals surface area contributed by atoms with Gasteiger partial charge in [-0.2, -0.15) is 0 Å². The fourth-order valence-corrected chi connectivity index (χ4v) is 2.87. The van der Waals surface area contributed by atoms with Gasteiger partial charge in [0.15, 0.2) is 6.29 Å². The lowest BCUT2D eigenvalue weighted by Crippen LogP contribution is -2.57. The van der Waals surface area contributed by atoms with Gasteiger partial charge in [-0.25, -0.2) is 0 Å². The number of rotatable bonds is 10. The van der Waals surface area contributed by atoms with Crippen LogP contribution in [0.4, 0.5) is 0 Å². The molecule has 1 saturated heterocycles. The summed E-state index contributed by atoms with van der Waals surface area (Å²) in [5.41, 5.74) is -0.511. The summed E-state index contributed by atoms with van der Waals surface area (Å²) >= 11 is 0. The highest BCUT2D eigenvalue weighted by Crippen LogP contribution is 2.26. The standard InChI is InChI=1S/C20H36N2O8/c1-12-17(26)18(27)14(10-22-15(24)11-21-13(2)23)29-19(12)28-9-7-6-8-16(25)30-20(3,4)5/h12,14,17-19,26-27H,6-11H2,1-5H3,(H,21,23)(H,22,24). The lowest BCUT2D eigenvalue weighted by atomic mass is 9.92. The molecule has 4 N–H and O–H groups in total. The number of ether oxygens (including phenoxy) is 3. The summed E-state index contributed by atoms with van der Waals surface area (Å²) in [5.74, 6) is -1.51. The smallest absolute Gasteiger partial charge is 0.306 e. The van der Waals surface area contributed by atoms with Crippen LogP contribution in [0.2, 0.25) is 0 Å². The fourth-order valence-electron chi connectivity index (χ4n) is 2.87. The maximum atomic E-state index is 11.7. The number of hydrogen-bond acceptors (Lipinski definition) is 8. The zero-order valence-corrected chi connectivity index (χ0v) is 18.5. The Labute approximate surface area is 177 Å². The molecule has 5 unspecified atom stereocenters. The maximum absolute atomic E-state index is 11.7. The zero-order valence-electron chi connectivity index (χ0n) is 18.5. The van der Waals surface area contributed by atoms with E-state index in [2.05, 4.69) is 10.6 Å². The second-order valence-corrected chi connectivity index (χ2v) is 8.51. The van der Waals surface area contributed by atoms with Crippen molar-refractivity contribution < 1.29 is 38.8 Å². The van der Waals surface area contributed by atoms with Crippen LogP contribution in [0.3, 0.4) is 0 Å². The molecule has 2 amide bonds. The topological polar surface area (TPSA) is 143 Å². The lowest BCUT2D eigenvalue weighted by Gasteiger charge is -2.41. The molecule has 0 aromatic carbocycles. The van der Waals surface area contributed by atoms with Gasteiger partial charge >= 0.3 is 5.97 Å². The third-order valence-electron chi connectivity index (χ3n) is 4.48. The van der Waals surface area contributed by atoms with E-state index >= 15 is 0 Å². The van der Waals surface area contributed by atoms with Crippen molar-refractivity contribution in [3.8, 4) is 0 Å². The Kier molecular flexibility index (Phi) is 10.7. The van der Waals surface area contributed by atoms with Crippen LogP contribution in [0.5, 0.6) is 0 Å². The molecular weight excluding hydrogens is 396 g/mol. The number of carbonyl (C=O) groups is 3. The third kappa shape index (κ3) is 9.84. The molecule has 0 aromatic heterocycles. The van der Waals surface area contributed by atoms with E-state index in [0.29, 0.717) is 19.4 Å². The minimum absolute atomic E-state index is 0.0398. The number of nitrogens with one attached hydrogen (secondary N) is 2. The SMILES string of the molecule is CC(=O)NCC(=O)NCC1OC(OCCCCC(=O)OC(C)(C)C)C(C)C(O)C1O. The third-order valence-corrected chi connectivity index (χ3v) is 4.48. The summed E-state index contributed by atoms with van der Waals surface area (Å²) in [7, 11) is 0. The Bertz CT molecular complexity index is 578. The maximum Gasteiger partial charge on any atom is 0.306 e. The predicted molar refractivity (Wildman–Crippen MR) is 107 cm³/mol. The first-order valence-corrected chi connectivity index (χ1v) is 10.3. The van der Waals surface area contributed by atoms with Gasteiger partial charge in [-0.15, -0.1) is 0 Å². The molecule has 30 heavy (non-hydrogen) atoms. The van der Waals surface area contributed by atoms with Crippen LogP contribution in [0.15, 0.2) is 0 Å². The Balaban J connectivity index is 2.40. The van der Waals surface area contributed by atoms with Crippen molar-refractivity contribution in [1.29, 1.82) is 0 Å². The van der Waals surface area contributed by atoms with Gasteiger partial charge < -0.3 is 35.1 Å². The van der Waals surface area contributed by atoms with Crippen LogP contribution in [0.25, 0.3) is 0 Å². The van der Waals surface area contributed by atoms with Gasteiger partial charge in [-0.1, -0.05) is 6.92 Å². The highest BCUT2D eigenvalue weighted by atomic mass is 16.7. The van der Waals surface area contributed by atoms with Gasteiger partial charge in [-0.05, 0) is 33.6 Å². The van der Waals surface area contributed by atoms with Crippen molar-refractivity contribution in [3.63, 3.8) is 0 Å². The van der Waals surface area contributed by atoms with Crippen LogP contribution in [-0.4, -0.2) is 77.9 Å². The molecule has 10 nitrogen and oxygen atoms in total. The molecule has 0 saturated carbocycles. The summed E-state index contributed by atoms with van der Waals surface area (Å²) in [4.78, 5) is 34.3. The Hall–Kier alpha value is -1.75. The monoisotopic (exact) mass is 432 g/mol. The van der Waals surface area contributed by atoms with Crippen molar-refractivity contribution >= 4 is 17.8 Å². The molecule has 5 atom stereocenters. The van der Waals surface area contributed by atoms with E-state index in [-0.39, 0.29) is 31.4 Å². The van der Waals surface area contributed by atoms with Gasteiger partial charge in [-0.3, -0.25) is 14.4 Å². The normalized spacial score (nSPS) is 26.7. The van der Waals surface area contributed by atoms with Gasteiger partial charge in [0.1, 0.15) is 17.8 Å². The van der Waals surface area contributed by atoms with E-state index in [1.165, 1.54) is 6.92 Å². The lowest BCUT2D eigenvalue weighted by molar-refractivity contribution is -0.275. The van der Waals surface area contributed by atoms with E-state index in [4.69, 9.17) is 14.2 Å². The molecule has 1 aliphatic heterocycles. The molecule has 0 aromatic rings. The molecule has 1 aliphatic rings. The average Bonchev–Trinajstić information content (AvgIpc) is 2.63. The molecule has 0 bridgehead atoms. The quantitative estimate of drug-likeness (QED) is 0.276. The van der Waals surface area contributed by atoms with Crippen LogP contribution < -0.4 is 10.6 Å². The highest BCUT2D eigenvalue weighted by molar-refractivity contribution is 5.83. The molecule has 0 spiro atoms. The summed E-state index contributed by atoms with van der Waals surface area (Å²) in [6.07, 6.45) is -2.42. The van der Waals surface area contributed by atoms with Crippen LogP contribution in [0, 0.1) is 5.92 Å². The van der Waals surface area contributed by atoms with Crippen LogP contribution >= 0.6 is 0 Å². The number of aliphatic hydroxyl groups excluding tert-OH is 2. The highest BCUT2D eigenvalue weighted by Gasteiger charge is 2.42. The first-order valence-electron chi connectivity index (χ1n) is 10.3. The minimum Gasteiger partial charge on any atom is -0.460 e. The van der Waals surface area contributed by atoms with Crippen LogP contribution in [-0.2, 0) is 28.6 Å². The number of aliphatic hydroxyl groups is 2. The number of carbonyl (C=O) groups excluding carboxylic acids is 3. The molecule has 0 aliphatic carbocycles. The molecule has 10 heteroatoms. The Morgan fingerprint density at radius 2 is 1.73 bits per heavy atom. The summed E-state index contributed by atoms with van der Waals surface area (Å²) in [6, 6.07) is 0. The van der Waals surface area contributed by atoms with Gasteiger partial charge in [0.2, 0.25) is 11.8 Å². The molecule has 1 heterocycles. The van der Waals surface area contributed by atoms with E-state index in [0.717, 1.165) is 0 Å². The molecule has 1 fully saturated rings. The van der Waals surface area contributed by atoms with E-state index in [1.807, 2.05) is 20.8 Å². The van der Waals surface area contributed by atoms with Gasteiger partial charge in [0, 0.05) is 32.4 Å². The zero-order chi connectivity index (χ0) is 22.9. The van der Waals surface area contributed by atoms with Crippen molar-refractivity contribution in [1.82, 2.24) is 10.6 Å². The number of amides is 2. The largest absolute Gasteiger partial charge is 0.460 e. The summed E-state index contributed by atoms with van der Waals surface area (Å²) in [5, 5.41) is 25.4. The molecule has 0 radical (unpaired) electrons. The van der Waals surface area contributed by atoms with Crippen molar-refractivity contribution in [2.24, 2.45) is 5.92 Å². The van der Waals surface area contributed by atoms with E-state index in [9.17, 15) is 24.6 Å². The molecule has 174 valence electrons. The summed E-state index contributed by atoms with van der Waals surface area (Å²) in [6.45, 7) is 8.52. The first-order chi connectivity index (χ1) is 13.9. The minimum atomic E-state index is -1.19. The first kappa shape index (κ1) is 26.3. The number of esters is 1. The van der Waals surface area contributed by atoms with Gasteiger partial charge in [0.05, 0.1) is 12.6 Å². The number of hydrogen-bond donors (Lipinski definition) is 4. The van der Waals surface area contributed by atoms with Crippen LogP contribution in [0.1, 0.15) is 53.9 Å². The van der Waals surface area contributed by atoms with Crippen molar-refractivity contribution in [2.75, 3.05) is 19.7 Å². The predicted octanol–water partition coefficient (Wildman–Crippen LogP) is -0.150. The fraction of sp³-hybridized carbons (Fsp3) is 0.850. The van der Waals surface area contributed by atoms with E-state index in [1.54, 1.807) is 6.92 Å². The Morgan fingerprint density at radius 1 is 1.07 bits per heavy atom. The van der Waals surface area contributed by atoms with Crippen molar-refractivity contribution in [2.45, 2.75) is 84.1 Å². The van der Waals surface area contributed by atoms with Gasteiger partial charge in [0.25, 0.3) is 0 Å². The molecular formula is C20H36N2O8. The second-order valence-electron chi connectivity index (χ2n) is 8.51. The van der Waals surface area contributed by atoms with Crippen molar-refractivity contribution in [3.05, 3.63) is 0 Å². The average molecular weight is 433 g/mol.